The summed E-state index contributed by atoms with van der Waals surface area (Å²) >= 11 is 0. The van der Waals surface area contributed by atoms with Gasteiger partial charge in [-0.25, -0.2) is 9.13 Å². The van der Waals surface area contributed by atoms with Gasteiger partial charge in [0.15, 0.2) is 37.9 Å². The lowest BCUT2D eigenvalue weighted by Crippen LogP contribution is -2.41. The molecule has 284 valence electrons. The van der Waals surface area contributed by atoms with Crippen LogP contribution >= 0.6 is 0 Å². The van der Waals surface area contributed by atoms with E-state index in [4.69, 9.17) is 0 Å². The first kappa shape index (κ1) is 36.8. The van der Waals surface area contributed by atoms with Gasteiger partial charge in [0.1, 0.15) is 11.5 Å². The number of rotatable bonds is 8. The van der Waals surface area contributed by atoms with Gasteiger partial charge in [-0.05, 0) is 136 Å². The van der Waals surface area contributed by atoms with E-state index in [1.54, 1.807) is 12.1 Å². The summed E-state index contributed by atoms with van der Waals surface area (Å²) in [5.41, 5.74) is 9.57. The van der Waals surface area contributed by atoms with E-state index in [0.29, 0.717) is 11.5 Å². The summed E-state index contributed by atoms with van der Waals surface area (Å²) in [6.07, 6.45) is 13.1. The standard InChI is InChI=1S/C24H27N3O.C23H27N3O/c1-16-21-15-27(13-12-26-9-4-3-5-10-26)11-8-19(21)17(2)24-23(16)20-14-18(28)6-7-22(20)25-24;1-5-25(6-2)11-12-26-10-9-18-16(4)23-22(15(3)20(18)14-26)19-13-17(27)7-8-21(19)24-23/h6-8,11,14-15,28H,3-5,9-10,12-13H2,1-2H3;7-10,13-14,27H,5-6,11-12H2,1-4H3/p+2. The van der Waals surface area contributed by atoms with Gasteiger partial charge in [-0.3, -0.25) is 9.80 Å². The molecule has 4 aromatic heterocycles. The summed E-state index contributed by atoms with van der Waals surface area (Å²) in [5.74, 6) is 0.623. The number of pyridine rings is 2. The van der Waals surface area contributed by atoms with Crippen LogP contribution in [0.1, 0.15) is 55.4 Å². The Morgan fingerprint density at radius 1 is 0.600 bits per heavy atom. The molecular weight excluding hydrogens is 681 g/mol. The minimum Gasteiger partial charge on any atom is -0.508 e. The molecule has 0 saturated carbocycles. The van der Waals surface area contributed by atoms with Crippen molar-refractivity contribution in [3.05, 3.63) is 95.6 Å². The Balaban J connectivity index is 0.000000155. The zero-order valence-corrected chi connectivity index (χ0v) is 33.4. The van der Waals surface area contributed by atoms with Crippen molar-refractivity contribution in [3.63, 3.8) is 0 Å². The third-order valence-corrected chi connectivity index (χ3v) is 12.4. The van der Waals surface area contributed by atoms with Crippen LogP contribution in [-0.4, -0.2) is 69.2 Å². The maximum atomic E-state index is 10.00. The minimum atomic E-state index is 0.308. The maximum Gasteiger partial charge on any atom is 0.176 e. The number of phenolic OH excluding ortho intramolecular Hbond substituents is 2. The van der Waals surface area contributed by atoms with Gasteiger partial charge >= 0.3 is 0 Å². The number of hydrogen-bond donors (Lipinski definition) is 4. The van der Waals surface area contributed by atoms with Crippen molar-refractivity contribution in [3.8, 4) is 11.5 Å². The molecule has 0 spiro atoms. The number of nitrogens with zero attached hydrogens (tertiary/aromatic N) is 4. The molecule has 0 bridgehead atoms. The van der Waals surface area contributed by atoms with Gasteiger partial charge in [-0.15, -0.1) is 0 Å². The van der Waals surface area contributed by atoms with Crippen LogP contribution in [0.15, 0.2) is 73.3 Å². The molecule has 55 heavy (non-hydrogen) atoms. The number of phenols is 2. The molecule has 1 aliphatic heterocycles. The van der Waals surface area contributed by atoms with E-state index in [0.717, 1.165) is 61.1 Å². The molecule has 1 aliphatic rings. The number of likely N-dealkylation sites (tertiary alicyclic amines) is 1. The summed E-state index contributed by atoms with van der Waals surface area (Å²) in [6.45, 7) is 22.0. The van der Waals surface area contributed by atoms with E-state index >= 15 is 0 Å². The van der Waals surface area contributed by atoms with Gasteiger partial charge in [0.25, 0.3) is 0 Å². The van der Waals surface area contributed by atoms with Gasteiger partial charge in [-0.2, -0.15) is 0 Å². The zero-order chi connectivity index (χ0) is 38.4. The molecule has 0 radical (unpaired) electrons. The van der Waals surface area contributed by atoms with Crippen molar-refractivity contribution in [2.24, 2.45) is 0 Å². The Labute approximate surface area is 323 Å². The second-order valence-electron chi connectivity index (χ2n) is 15.7. The van der Waals surface area contributed by atoms with Crippen LogP contribution < -0.4 is 9.13 Å². The van der Waals surface area contributed by atoms with Crippen LogP contribution in [0, 0.1) is 27.7 Å². The molecule has 0 unspecified atom stereocenters. The molecule has 9 rings (SSSR count). The summed E-state index contributed by atoms with van der Waals surface area (Å²) < 4.78 is 4.63. The molecule has 0 aliphatic carbocycles. The molecule has 8 heteroatoms. The summed E-state index contributed by atoms with van der Waals surface area (Å²) in [6, 6.07) is 15.6. The highest BCUT2D eigenvalue weighted by Crippen LogP contribution is 2.38. The number of hydrogen-bond acceptors (Lipinski definition) is 4. The fraction of sp³-hybridized carbons (Fsp3) is 0.362. The van der Waals surface area contributed by atoms with E-state index in [9.17, 15) is 10.2 Å². The average Bonchev–Trinajstić information content (AvgIpc) is 3.78. The quantitative estimate of drug-likeness (QED) is 0.117. The Kier molecular flexibility index (Phi) is 10.1. The fourth-order valence-electron chi connectivity index (χ4n) is 9.08. The lowest BCUT2D eigenvalue weighted by Gasteiger charge is -2.24. The Morgan fingerprint density at radius 2 is 1.09 bits per heavy atom. The topological polar surface area (TPSA) is 86.3 Å². The van der Waals surface area contributed by atoms with Crippen LogP contribution in [0.3, 0.4) is 0 Å². The van der Waals surface area contributed by atoms with Crippen LogP contribution in [-0.2, 0) is 13.1 Å². The monoisotopic (exact) mass is 736 g/mol. The largest absolute Gasteiger partial charge is 0.508 e. The van der Waals surface area contributed by atoms with Gasteiger partial charge in [0.05, 0.1) is 24.1 Å². The van der Waals surface area contributed by atoms with Gasteiger partial charge < -0.3 is 20.2 Å². The van der Waals surface area contributed by atoms with Crippen molar-refractivity contribution in [1.29, 1.82) is 0 Å². The van der Waals surface area contributed by atoms with Crippen LogP contribution in [0.2, 0.25) is 0 Å². The number of fused-ring (bicyclic) bond motifs is 8. The fourth-order valence-corrected chi connectivity index (χ4v) is 9.08. The summed E-state index contributed by atoms with van der Waals surface area (Å²) in [7, 11) is 0. The number of H-pyrrole nitrogens is 2. The predicted molar refractivity (Wildman–Crippen MR) is 227 cm³/mol. The molecule has 0 atom stereocenters. The number of aromatic amines is 2. The second-order valence-corrected chi connectivity index (χ2v) is 15.7. The maximum absolute atomic E-state index is 10.00. The first-order chi connectivity index (χ1) is 26.6. The van der Waals surface area contributed by atoms with Gasteiger partial charge in [0, 0.05) is 55.5 Å². The summed E-state index contributed by atoms with van der Waals surface area (Å²) in [4.78, 5) is 12.1. The Morgan fingerprint density at radius 3 is 1.58 bits per heavy atom. The highest BCUT2D eigenvalue weighted by molar-refractivity contribution is 6.17. The van der Waals surface area contributed by atoms with Crippen LogP contribution in [0.25, 0.3) is 65.2 Å². The Bertz CT molecular complexity index is 2700. The second kappa shape index (κ2) is 15.2. The van der Waals surface area contributed by atoms with Crippen molar-refractivity contribution in [1.82, 2.24) is 19.8 Å². The van der Waals surface area contributed by atoms with E-state index in [1.807, 2.05) is 24.3 Å². The predicted octanol–water partition coefficient (Wildman–Crippen LogP) is 9.00. The average molecular weight is 737 g/mol. The molecule has 8 aromatic rings. The SMILES string of the molecule is CCN(CC)CC[n+]1ccc2c(C)c3[nH]c4ccc(O)cc4c3c(C)c2c1.Cc1c2cc[n+](CCN3CCCCC3)cc2c(C)c2c1[nH]c1ccc(O)cc12. The van der Waals surface area contributed by atoms with Gasteiger partial charge in [0.2, 0.25) is 0 Å². The normalized spacial score (nSPS) is 13.9. The minimum absolute atomic E-state index is 0.308. The van der Waals surface area contributed by atoms with E-state index in [2.05, 4.69) is 107 Å². The molecule has 5 heterocycles. The smallest absolute Gasteiger partial charge is 0.176 e. The lowest BCUT2D eigenvalue weighted by atomic mass is 9.97. The molecule has 1 saturated heterocycles. The van der Waals surface area contributed by atoms with E-state index < -0.39 is 0 Å². The number of likely N-dealkylation sites (N-methyl/N-ethyl adjacent to an activating group) is 1. The number of benzene rings is 4. The zero-order valence-electron chi connectivity index (χ0n) is 33.4. The van der Waals surface area contributed by atoms with Crippen molar-refractivity contribution < 1.29 is 19.3 Å². The van der Waals surface area contributed by atoms with Gasteiger partial charge in [-0.1, -0.05) is 20.3 Å². The molecule has 4 N–H and O–H groups in total. The van der Waals surface area contributed by atoms with E-state index in [1.165, 1.54) is 98.0 Å². The third kappa shape index (κ3) is 6.87. The molecule has 0 amide bonds. The molecular formula is C47H56N6O2+2. The van der Waals surface area contributed by atoms with Crippen LogP contribution in [0.5, 0.6) is 11.5 Å². The number of aromatic hydroxyl groups is 2. The molecule has 4 aromatic carbocycles. The van der Waals surface area contributed by atoms with E-state index in [-0.39, 0.29) is 0 Å². The molecule has 8 nitrogen and oxygen atoms in total. The number of aromatic nitrogens is 4. The van der Waals surface area contributed by atoms with Crippen molar-refractivity contribution >= 4 is 65.2 Å². The summed E-state index contributed by atoms with van der Waals surface area (Å²) in [5, 5.41) is 29.8. The van der Waals surface area contributed by atoms with Crippen molar-refractivity contribution in [2.75, 3.05) is 39.3 Å². The number of aryl methyl sites for hydroxylation is 4. The number of piperidine rings is 1. The first-order valence-electron chi connectivity index (χ1n) is 20.2. The number of nitrogens with one attached hydrogen (secondary N) is 2. The highest BCUT2D eigenvalue weighted by atomic mass is 16.3. The first-order valence-corrected chi connectivity index (χ1v) is 20.2. The third-order valence-electron chi connectivity index (χ3n) is 12.4. The van der Waals surface area contributed by atoms with Crippen LogP contribution in [0.4, 0.5) is 0 Å². The Hall–Kier alpha value is -5.18. The van der Waals surface area contributed by atoms with Crippen molar-refractivity contribution in [2.45, 2.75) is 73.9 Å². The molecule has 1 fully saturated rings. The highest BCUT2D eigenvalue weighted by Gasteiger charge is 2.19. The lowest BCUT2D eigenvalue weighted by molar-refractivity contribution is -0.695.